The summed E-state index contributed by atoms with van der Waals surface area (Å²) in [5.74, 6) is 0.955. The van der Waals surface area contributed by atoms with Crippen LogP contribution in [0.25, 0.3) is 0 Å². The van der Waals surface area contributed by atoms with E-state index in [0.717, 1.165) is 49.8 Å². The topological polar surface area (TPSA) is 157 Å². The Morgan fingerprint density at radius 1 is 1.03 bits per heavy atom. The first kappa shape index (κ1) is 30.0. The van der Waals surface area contributed by atoms with Crippen LogP contribution in [0.3, 0.4) is 0 Å². The molecule has 37 heavy (non-hydrogen) atoms. The van der Waals surface area contributed by atoms with Crippen molar-refractivity contribution in [2.24, 2.45) is 0 Å². The molecule has 0 radical (unpaired) electrons. The van der Waals surface area contributed by atoms with E-state index in [-0.39, 0.29) is 29.9 Å². The zero-order valence-electron chi connectivity index (χ0n) is 20.7. The highest BCUT2D eigenvalue weighted by Gasteiger charge is 2.42. The molecule has 4 unspecified atom stereocenters. The van der Waals surface area contributed by atoms with Crippen LogP contribution in [0.15, 0.2) is 24.3 Å². The summed E-state index contributed by atoms with van der Waals surface area (Å²) in [5.41, 5.74) is 1.33. The second-order valence-corrected chi connectivity index (χ2v) is 14.1. The number of fused-ring (bicyclic) bond motifs is 1. The van der Waals surface area contributed by atoms with Crippen LogP contribution in [0.4, 0.5) is 4.79 Å². The molecule has 13 heteroatoms. The lowest BCUT2D eigenvalue weighted by Crippen LogP contribution is -2.36. The quantitative estimate of drug-likeness (QED) is 0.0762. The summed E-state index contributed by atoms with van der Waals surface area (Å²) in [4.78, 5) is 54.0. The van der Waals surface area contributed by atoms with Crippen LogP contribution < -0.4 is 21.3 Å². The van der Waals surface area contributed by atoms with Crippen molar-refractivity contribution in [2.45, 2.75) is 79.8 Å². The molecule has 6 N–H and O–H groups in total. The van der Waals surface area contributed by atoms with Crippen LogP contribution in [-0.2, 0) is 20.7 Å². The molecule has 2 aliphatic rings. The van der Waals surface area contributed by atoms with Crippen molar-refractivity contribution in [2.75, 3.05) is 12.3 Å². The molecule has 0 bridgehead atoms. The molecule has 0 aromatic heterocycles. The minimum Gasteiger partial charge on any atom is -0.356 e. The van der Waals surface area contributed by atoms with Gasteiger partial charge >= 0.3 is 13.6 Å². The molecular weight excluding hydrogens is 583 g/mol. The monoisotopic (exact) mass is 618 g/mol. The van der Waals surface area contributed by atoms with Crippen molar-refractivity contribution in [3.63, 3.8) is 0 Å². The number of nitrogens with one attached hydrogen (secondary N) is 4. The first-order chi connectivity index (χ1) is 17.6. The van der Waals surface area contributed by atoms with Crippen LogP contribution >= 0.6 is 35.3 Å². The number of hydrogen-bond acceptors (Lipinski definition) is 5. The lowest BCUT2D eigenvalue weighted by Gasteiger charge is -2.16. The summed E-state index contributed by atoms with van der Waals surface area (Å²) in [6, 6.07) is 7.11. The molecule has 10 nitrogen and oxygen atoms in total. The van der Waals surface area contributed by atoms with Gasteiger partial charge in [0, 0.05) is 36.9 Å². The van der Waals surface area contributed by atoms with E-state index in [1.807, 2.05) is 11.8 Å². The molecule has 3 rings (SSSR count). The lowest BCUT2D eigenvalue weighted by atomic mass is 10.0. The number of thioether (sulfide) groups is 1. The number of carbonyl (C=O) groups is 3. The Hall–Kier alpha value is -1.59. The SMILES string of the molecule is O=C(CCCCC1SCC2NC(=O)NC21)NCCCCCC(=O)NCc1ccc(C(Br)P(=O)(O)O)cc1. The van der Waals surface area contributed by atoms with Gasteiger partial charge in [0.1, 0.15) is 4.57 Å². The van der Waals surface area contributed by atoms with Gasteiger partial charge < -0.3 is 31.1 Å². The smallest absolute Gasteiger partial charge is 0.343 e. The largest absolute Gasteiger partial charge is 0.356 e. The van der Waals surface area contributed by atoms with Crippen molar-refractivity contribution >= 4 is 53.1 Å². The van der Waals surface area contributed by atoms with Crippen molar-refractivity contribution < 1.29 is 28.7 Å². The number of carbonyl (C=O) groups excluding carboxylic acids is 3. The average Bonchev–Trinajstić information content (AvgIpc) is 3.41. The molecule has 2 heterocycles. The summed E-state index contributed by atoms with van der Waals surface area (Å²) in [6.07, 6.45) is 6.13. The Kier molecular flexibility index (Phi) is 11.8. The predicted octanol–water partition coefficient (Wildman–Crippen LogP) is 3.28. The summed E-state index contributed by atoms with van der Waals surface area (Å²) in [5, 5.41) is 12.2. The average molecular weight is 620 g/mol. The molecule has 2 aliphatic heterocycles. The summed E-state index contributed by atoms with van der Waals surface area (Å²) >= 11 is 4.90. The van der Waals surface area contributed by atoms with Crippen molar-refractivity contribution in [1.29, 1.82) is 0 Å². The van der Waals surface area contributed by atoms with Crippen molar-refractivity contribution in [1.82, 2.24) is 21.3 Å². The molecule has 2 fully saturated rings. The van der Waals surface area contributed by atoms with Gasteiger partial charge in [-0.15, -0.1) is 0 Å². The van der Waals surface area contributed by atoms with E-state index < -0.39 is 12.2 Å². The Morgan fingerprint density at radius 3 is 2.41 bits per heavy atom. The number of amides is 4. The van der Waals surface area contributed by atoms with Crippen molar-refractivity contribution in [3.05, 3.63) is 35.4 Å². The number of hydrogen-bond donors (Lipinski definition) is 6. The molecule has 4 amide bonds. The predicted molar refractivity (Wildman–Crippen MR) is 147 cm³/mol. The van der Waals surface area contributed by atoms with Gasteiger partial charge in [-0.2, -0.15) is 11.8 Å². The lowest BCUT2D eigenvalue weighted by molar-refractivity contribution is -0.122. The minimum absolute atomic E-state index is 0.0543. The first-order valence-corrected chi connectivity index (χ1v) is 16.3. The number of urea groups is 1. The summed E-state index contributed by atoms with van der Waals surface area (Å²) in [6.45, 7) is 0.958. The second-order valence-electron chi connectivity index (χ2n) is 9.47. The molecule has 206 valence electrons. The second kappa shape index (κ2) is 14.5. The Morgan fingerprint density at radius 2 is 1.70 bits per heavy atom. The van der Waals surface area contributed by atoms with Gasteiger partial charge in [0.25, 0.3) is 0 Å². The molecule has 2 saturated heterocycles. The zero-order valence-corrected chi connectivity index (χ0v) is 24.0. The number of halogens is 1. The molecule has 0 spiro atoms. The van der Waals surface area contributed by atoms with E-state index in [2.05, 4.69) is 37.2 Å². The fraction of sp³-hybridized carbons (Fsp3) is 0.625. The minimum atomic E-state index is -4.26. The number of rotatable bonds is 15. The molecule has 4 atom stereocenters. The van der Waals surface area contributed by atoms with Gasteiger partial charge in [0.2, 0.25) is 11.8 Å². The first-order valence-electron chi connectivity index (χ1n) is 12.6. The number of alkyl halides is 1. The number of benzene rings is 1. The Balaban J connectivity index is 1.16. The zero-order chi connectivity index (χ0) is 26.8. The third kappa shape index (κ3) is 9.90. The molecular formula is C24H36BrN4O6PS. The highest BCUT2D eigenvalue weighted by atomic mass is 79.9. The van der Waals surface area contributed by atoms with E-state index in [1.165, 1.54) is 0 Å². The number of unbranched alkanes of at least 4 members (excludes halogenated alkanes) is 3. The van der Waals surface area contributed by atoms with Gasteiger partial charge in [-0.05, 0) is 36.8 Å². The van der Waals surface area contributed by atoms with Crippen molar-refractivity contribution in [3.8, 4) is 0 Å². The highest BCUT2D eigenvalue weighted by Crippen LogP contribution is 2.55. The fourth-order valence-corrected chi connectivity index (χ4v) is 6.86. The summed E-state index contributed by atoms with van der Waals surface area (Å²) < 4.78 is 10.3. The van der Waals surface area contributed by atoms with Crippen LogP contribution in [0.2, 0.25) is 0 Å². The van der Waals surface area contributed by atoms with Crippen LogP contribution in [-0.4, -0.2) is 57.3 Å². The van der Waals surface area contributed by atoms with Crippen LogP contribution in [0.1, 0.15) is 67.1 Å². The van der Waals surface area contributed by atoms with Gasteiger partial charge in [0.05, 0.1) is 12.1 Å². The van der Waals surface area contributed by atoms with Gasteiger partial charge in [-0.1, -0.05) is 53.0 Å². The third-order valence-electron chi connectivity index (χ3n) is 6.52. The van der Waals surface area contributed by atoms with E-state index in [9.17, 15) is 28.7 Å². The standard InChI is InChI=1S/C24H36BrN4O6PS/c25-23(36(33,34)35)17-11-9-16(10-12-17)14-27-21(31)7-2-1-5-13-26-20(30)8-4-3-6-19-22-18(15-37-19)28-24(32)29-22/h9-12,18-19,22-23H,1-8,13-15H2,(H,26,30)(H,27,31)(H2,28,29,32)(H2,33,34,35). The molecule has 1 aromatic carbocycles. The fourth-order valence-electron chi connectivity index (χ4n) is 4.46. The highest BCUT2D eigenvalue weighted by molar-refractivity contribution is 9.10. The summed E-state index contributed by atoms with van der Waals surface area (Å²) in [7, 11) is -4.26. The van der Waals surface area contributed by atoms with Gasteiger partial charge in [0.15, 0.2) is 0 Å². The van der Waals surface area contributed by atoms with Gasteiger partial charge in [-0.25, -0.2) is 4.79 Å². The maximum Gasteiger partial charge on any atom is 0.343 e. The molecule has 0 aliphatic carbocycles. The van der Waals surface area contributed by atoms with E-state index in [4.69, 9.17) is 0 Å². The van der Waals surface area contributed by atoms with E-state index >= 15 is 0 Å². The third-order valence-corrected chi connectivity index (χ3v) is 11.0. The van der Waals surface area contributed by atoms with E-state index in [1.54, 1.807) is 24.3 Å². The van der Waals surface area contributed by atoms with E-state index in [0.29, 0.717) is 36.7 Å². The normalized spacial score (nSPS) is 21.6. The van der Waals surface area contributed by atoms with Gasteiger partial charge in [-0.3, -0.25) is 14.2 Å². The van der Waals surface area contributed by atoms with Crippen LogP contribution in [0.5, 0.6) is 0 Å². The Bertz CT molecular complexity index is 978. The Labute approximate surface area is 230 Å². The maximum atomic E-state index is 12.1. The maximum absolute atomic E-state index is 12.1. The van der Waals surface area contributed by atoms with Crippen LogP contribution in [0, 0.1) is 0 Å². The molecule has 1 aromatic rings. The molecule has 0 saturated carbocycles.